The van der Waals surface area contributed by atoms with Gasteiger partial charge in [-0.2, -0.15) is 0 Å². The van der Waals surface area contributed by atoms with Crippen LogP contribution in [0.5, 0.6) is 0 Å². The number of esters is 1. The first-order valence-electron chi connectivity index (χ1n) is 5.82. The Kier molecular flexibility index (Phi) is 3.97. The Morgan fingerprint density at radius 2 is 2.11 bits per heavy atom. The van der Waals surface area contributed by atoms with E-state index in [1.165, 1.54) is 0 Å². The summed E-state index contributed by atoms with van der Waals surface area (Å²) in [6, 6.07) is 7.68. The lowest BCUT2D eigenvalue weighted by atomic mass is 10.1. The molecule has 4 heteroatoms. The SMILES string of the molecule is CC(C)CC1=N/C(=C\c2ccccc2Br)C(=O)O1. The van der Waals surface area contributed by atoms with Crippen LogP contribution in [0.25, 0.3) is 6.08 Å². The molecular weight excluding hydrogens is 294 g/mol. The van der Waals surface area contributed by atoms with Crippen LogP contribution >= 0.6 is 15.9 Å². The Hall–Kier alpha value is -1.42. The van der Waals surface area contributed by atoms with Crippen LogP contribution in [0.4, 0.5) is 0 Å². The molecule has 0 saturated heterocycles. The standard InChI is InChI=1S/C14H14BrNO2/c1-9(2)7-13-16-12(14(17)18-13)8-10-5-3-4-6-11(10)15/h3-6,8-9H,7H2,1-2H3/b12-8-. The van der Waals surface area contributed by atoms with Gasteiger partial charge in [-0.05, 0) is 23.6 Å². The third-order valence-corrected chi connectivity index (χ3v) is 3.17. The molecule has 0 saturated carbocycles. The van der Waals surface area contributed by atoms with Crippen molar-refractivity contribution in [2.24, 2.45) is 10.9 Å². The zero-order valence-corrected chi connectivity index (χ0v) is 11.9. The maximum Gasteiger partial charge on any atom is 0.363 e. The highest BCUT2D eigenvalue weighted by Gasteiger charge is 2.23. The molecule has 2 rings (SSSR count). The van der Waals surface area contributed by atoms with E-state index in [2.05, 4.69) is 34.8 Å². The van der Waals surface area contributed by atoms with Gasteiger partial charge in [-0.3, -0.25) is 0 Å². The first kappa shape index (κ1) is 13.0. The molecule has 1 aromatic carbocycles. The Labute approximate surface area is 115 Å². The molecule has 1 aliphatic rings. The van der Waals surface area contributed by atoms with Crippen molar-refractivity contribution in [3.63, 3.8) is 0 Å². The third kappa shape index (κ3) is 3.07. The largest absolute Gasteiger partial charge is 0.407 e. The molecule has 1 aromatic rings. The summed E-state index contributed by atoms with van der Waals surface area (Å²) in [7, 11) is 0. The molecule has 0 amide bonds. The molecule has 0 aromatic heterocycles. The predicted molar refractivity (Wildman–Crippen MR) is 75.1 cm³/mol. The van der Waals surface area contributed by atoms with Crippen molar-refractivity contribution in [2.45, 2.75) is 20.3 Å². The maximum atomic E-state index is 11.7. The van der Waals surface area contributed by atoms with Crippen LogP contribution in [0.1, 0.15) is 25.8 Å². The molecule has 0 radical (unpaired) electrons. The average molecular weight is 308 g/mol. The Balaban J connectivity index is 2.26. The van der Waals surface area contributed by atoms with Crippen molar-refractivity contribution in [2.75, 3.05) is 0 Å². The molecule has 0 atom stereocenters. The lowest BCUT2D eigenvalue weighted by Gasteiger charge is -2.01. The molecule has 1 aliphatic heterocycles. The highest BCUT2D eigenvalue weighted by Crippen LogP contribution is 2.23. The van der Waals surface area contributed by atoms with Crippen LogP contribution in [0.15, 0.2) is 39.4 Å². The summed E-state index contributed by atoms with van der Waals surface area (Å²) in [5.41, 5.74) is 1.27. The van der Waals surface area contributed by atoms with Crippen LogP contribution in [0.2, 0.25) is 0 Å². The second-order valence-corrected chi connectivity index (χ2v) is 5.40. The van der Waals surface area contributed by atoms with Gasteiger partial charge in [-0.1, -0.05) is 48.0 Å². The number of halogens is 1. The summed E-state index contributed by atoms with van der Waals surface area (Å²) >= 11 is 3.43. The minimum absolute atomic E-state index is 0.359. The second kappa shape index (κ2) is 5.48. The number of rotatable bonds is 3. The van der Waals surface area contributed by atoms with Gasteiger partial charge in [0.05, 0.1) is 0 Å². The smallest absolute Gasteiger partial charge is 0.363 e. The Morgan fingerprint density at radius 1 is 1.39 bits per heavy atom. The van der Waals surface area contributed by atoms with Crippen LogP contribution in [0, 0.1) is 5.92 Å². The molecule has 0 spiro atoms. The van der Waals surface area contributed by atoms with Gasteiger partial charge >= 0.3 is 5.97 Å². The van der Waals surface area contributed by atoms with Gasteiger partial charge in [0.25, 0.3) is 0 Å². The van der Waals surface area contributed by atoms with Crippen molar-refractivity contribution >= 4 is 33.9 Å². The van der Waals surface area contributed by atoms with Gasteiger partial charge in [-0.25, -0.2) is 9.79 Å². The molecular formula is C14H14BrNO2. The number of nitrogens with zero attached hydrogens (tertiary/aromatic N) is 1. The van der Waals surface area contributed by atoms with Gasteiger partial charge in [0.2, 0.25) is 0 Å². The van der Waals surface area contributed by atoms with Crippen molar-refractivity contribution in [1.82, 2.24) is 0 Å². The van der Waals surface area contributed by atoms with E-state index in [1.807, 2.05) is 24.3 Å². The van der Waals surface area contributed by atoms with Gasteiger partial charge in [0.15, 0.2) is 11.6 Å². The van der Waals surface area contributed by atoms with Crippen LogP contribution in [-0.2, 0) is 9.53 Å². The number of aliphatic imine (C=N–C) groups is 1. The van der Waals surface area contributed by atoms with E-state index in [4.69, 9.17) is 4.74 Å². The van der Waals surface area contributed by atoms with E-state index >= 15 is 0 Å². The fourth-order valence-corrected chi connectivity index (χ4v) is 2.03. The zero-order valence-electron chi connectivity index (χ0n) is 10.3. The fourth-order valence-electron chi connectivity index (χ4n) is 1.63. The lowest BCUT2D eigenvalue weighted by molar-refractivity contribution is -0.130. The number of carbonyl (C=O) groups excluding carboxylic acids is 1. The summed E-state index contributed by atoms with van der Waals surface area (Å²) in [4.78, 5) is 15.9. The van der Waals surface area contributed by atoms with Gasteiger partial charge < -0.3 is 4.74 Å². The number of ether oxygens (including phenoxy) is 1. The number of cyclic esters (lactones) is 1. The van der Waals surface area contributed by atoms with Crippen LogP contribution < -0.4 is 0 Å². The number of hydrogen-bond acceptors (Lipinski definition) is 3. The van der Waals surface area contributed by atoms with Crippen molar-refractivity contribution in [1.29, 1.82) is 0 Å². The van der Waals surface area contributed by atoms with E-state index in [9.17, 15) is 4.79 Å². The topological polar surface area (TPSA) is 38.7 Å². The first-order chi connectivity index (χ1) is 8.56. The molecule has 0 bridgehead atoms. The van der Waals surface area contributed by atoms with Crippen molar-refractivity contribution < 1.29 is 9.53 Å². The molecule has 3 nitrogen and oxygen atoms in total. The quantitative estimate of drug-likeness (QED) is 0.629. The zero-order chi connectivity index (χ0) is 13.1. The highest BCUT2D eigenvalue weighted by atomic mass is 79.9. The fraction of sp³-hybridized carbons (Fsp3) is 0.286. The minimum atomic E-state index is -0.374. The summed E-state index contributed by atoms with van der Waals surface area (Å²) in [6.07, 6.45) is 2.42. The van der Waals surface area contributed by atoms with Crippen molar-refractivity contribution in [3.8, 4) is 0 Å². The number of benzene rings is 1. The Bertz CT molecular complexity index is 532. The number of carbonyl (C=O) groups is 1. The van der Waals surface area contributed by atoms with E-state index in [-0.39, 0.29) is 5.97 Å². The van der Waals surface area contributed by atoms with Crippen molar-refractivity contribution in [3.05, 3.63) is 40.0 Å². The van der Waals surface area contributed by atoms with Crippen LogP contribution in [-0.4, -0.2) is 11.9 Å². The van der Waals surface area contributed by atoms with E-state index in [0.717, 1.165) is 10.0 Å². The normalized spacial score (nSPS) is 17.2. The second-order valence-electron chi connectivity index (χ2n) is 4.54. The summed E-state index contributed by atoms with van der Waals surface area (Å²) in [5.74, 6) is 0.550. The maximum absolute atomic E-state index is 11.7. The molecule has 0 aliphatic carbocycles. The van der Waals surface area contributed by atoms with Crippen LogP contribution in [0.3, 0.4) is 0 Å². The summed E-state index contributed by atoms with van der Waals surface area (Å²) in [6.45, 7) is 4.12. The first-order valence-corrected chi connectivity index (χ1v) is 6.61. The summed E-state index contributed by atoms with van der Waals surface area (Å²) in [5, 5.41) is 0. The minimum Gasteiger partial charge on any atom is -0.407 e. The van der Waals surface area contributed by atoms with Gasteiger partial charge in [0.1, 0.15) is 0 Å². The summed E-state index contributed by atoms with van der Waals surface area (Å²) < 4.78 is 6.05. The number of hydrogen-bond donors (Lipinski definition) is 0. The highest BCUT2D eigenvalue weighted by molar-refractivity contribution is 9.10. The van der Waals surface area contributed by atoms with E-state index in [0.29, 0.717) is 23.9 Å². The molecule has 18 heavy (non-hydrogen) atoms. The van der Waals surface area contributed by atoms with Gasteiger partial charge in [-0.15, -0.1) is 0 Å². The molecule has 0 unspecified atom stereocenters. The third-order valence-electron chi connectivity index (χ3n) is 2.45. The average Bonchev–Trinajstić information content (AvgIpc) is 2.61. The van der Waals surface area contributed by atoms with Gasteiger partial charge in [0, 0.05) is 10.9 Å². The lowest BCUT2D eigenvalue weighted by Crippen LogP contribution is -2.06. The van der Waals surface area contributed by atoms with E-state index in [1.54, 1.807) is 6.08 Å². The molecule has 0 fully saturated rings. The molecule has 1 heterocycles. The Morgan fingerprint density at radius 3 is 2.78 bits per heavy atom. The molecule has 0 N–H and O–H groups in total. The molecule has 94 valence electrons. The predicted octanol–water partition coefficient (Wildman–Crippen LogP) is 3.79. The monoisotopic (exact) mass is 307 g/mol. The van der Waals surface area contributed by atoms with E-state index < -0.39 is 0 Å².